The number of rotatable bonds is 19. The number of carbonyl (C=O) groups is 1. The highest BCUT2D eigenvalue weighted by atomic mass is 16.1. The van der Waals surface area contributed by atoms with E-state index in [1.807, 2.05) is 0 Å². The van der Waals surface area contributed by atoms with Gasteiger partial charge in [-0.3, -0.25) is 4.79 Å². The molecule has 0 spiro atoms. The van der Waals surface area contributed by atoms with E-state index in [0.29, 0.717) is 23.3 Å². The number of amides is 1. The maximum atomic E-state index is 12.1. The van der Waals surface area contributed by atoms with Crippen molar-refractivity contribution in [3.8, 4) is 0 Å². The molecular formula is C38H64N6O. The minimum Gasteiger partial charge on any atom is -0.389 e. The van der Waals surface area contributed by atoms with E-state index in [1.165, 1.54) is 38.5 Å². The number of piperidine rings is 1. The zero-order valence-corrected chi connectivity index (χ0v) is 29.4. The van der Waals surface area contributed by atoms with Crippen molar-refractivity contribution in [1.29, 1.82) is 0 Å². The van der Waals surface area contributed by atoms with Crippen LogP contribution in [0.4, 0.5) is 0 Å². The van der Waals surface area contributed by atoms with Gasteiger partial charge in [0, 0.05) is 41.8 Å². The van der Waals surface area contributed by atoms with Gasteiger partial charge in [-0.2, -0.15) is 0 Å². The zero-order valence-electron chi connectivity index (χ0n) is 29.4. The Labute approximate surface area is 274 Å². The van der Waals surface area contributed by atoms with E-state index in [4.69, 9.17) is 12.3 Å². The molecule has 3 saturated carbocycles. The summed E-state index contributed by atoms with van der Waals surface area (Å²) < 4.78 is 0. The van der Waals surface area contributed by atoms with Crippen LogP contribution >= 0.6 is 0 Å². The van der Waals surface area contributed by atoms with E-state index in [1.54, 1.807) is 0 Å². The van der Waals surface area contributed by atoms with Crippen LogP contribution in [0.25, 0.3) is 0 Å². The molecule has 4 unspecified atom stereocenters. The molecular weight excluding hydrogens is 556 g/mol. The predicted octanol–water partition coefficient (Wildman–Crippen LogP) is 6.30. The molecule has 0 aromatic rings. The van der Waals surface area contributed by atoms with E-state index in [0.717, 1.165) is 61.2 Å². The third kappa shape index (κ3) is 9.36. The third-order valence-electron chi connectivity index (χ3n) is 10.8. The Balaban J connectivity index is 1.41. The summed E-state index contributed by atoms with van der Waals surface area (Å²) >= 11 is 0. The van der Waals surface area contributed by atoms with Crippen LogP contribution in [0.15, 0.2) is 61.4 Å². The first-order chi connectivity index (χ1) is 21.0. The number of allylic oxidation sites excluding steroid dienone is 1. The maximum Gasteiger partial charge on any atom is 0.246 e. The van der Waals surface area contributed by atoms with E-state index in [2.05, 4.69) is 94.0 Å². The van der Waals surface area contributed by atoms with Gasteiger partial charge >= 0.3 is 0 Å². The zero-order chi connectivity index (χ0) is 33.3. The van der Waals surface area contributed by atoms with Gasteiger partial charge in [-0.25, -0.2) is 0 Å². The number of nitrogens with two attached hydrogens (primary N) is 1. The highest BCUT2D eigenvalue weighted by Crippen LogP contribution is 2.53. The average molecular weight is 621 g/mol. The van der Waals surface area contributed by atoms with Crippen molar-refractivity contribution in [3.05, 3.63) is 61.4 Å². The largest absolute Gasteiger partial charge is 0.389 e. The van der Waals surface area contributed by atoms with Crippen molar-refractivity contribution in [3.63, 3.8) is 0 Å². The number of fused-ring (bicyclic) bond motifs is 1. The monoisotopic (exact) mass is 621 g/mol. The van der Waals surface area contributed by atoms with Crippen LogP contribution in [-0.4, -0.2) is 48.1 Å². The van der Waals surface area contributed by atoms with Crippen molar-refractivity contribution in [1.82, 2.24) is 26.2 Å². The molecule has 0 aromatic heterocycles. The summed E-state index contributed by atoms with van der Waals surface area (Å²) in [6.45, 7) is 37.7. The molecule has 3 aliphatic carbocycles. The highest BCUT2D eigenvalue weighted by molar-refractivity contribution is 5.92. The fourth-order valence-electron chi connectivity index (χ4n) is 7.17. The van der Waals surface area contributed by atoms with Gasteiger partial charge in [0.2, 0.25) is 5.91 Å². The van der Waals surface area contributed by atoms with Gasteiger partial charge in [0.15, 0.2) is 0 Å². The van der Waals surface area contributed by atoms with Gasteiger partial charge in [0.1, 0.15) is 0 Å². The molecule has 1 heterocycles. The molecule has 6 atom stereocenters. The van der Waals surface area contributed by atoms with E-state index >= 15 is 0 Å². The second kappa shape index (κ2) is 13.9. The van der Waals surface area contributed by atoms with E-state index in [9.17, 15) is 4.79 Å². The van der Waals surface area contributed by atoms with Crippen LogP contribution in [0.3, 0.4) is 0 Å². The smallest absolute Gasteiger partial charge is 0.246 e. The summed E-state index contributed by atoms with van der Waals surface area (Å²) in [5.74, 6) is 3.01. The first-order valence-corrected chi connectivity index (χ1v) is 17.5. The molecule has 4 fully saturated rings. The van der Waals surface area contributed by atoms with Crippen molar-refractivity contribution in [2.24, 2.45) is 40.2 Å². The summed E-state index contributed by atoms with van der Waals surface area (Å²) in [5, 5.41) is 14.7. The van der Waals surface area contributed by atoms with Crippen molar-refractivity contribution in [2.45, 2.75) is 123 Å². The minimum absolute atomic E-state index is 0.0348. The summed E-state index contributed by atoms with van der Waals surface area (Å²) in [7, 11) is 0. The molecule has 7 heteroatoms. The predicted molar refractivity (Wildman–Crippen MR) is 189 cm³/mol. The number of hydrogen-bond donors (Lipinski definition) is 5. The van der Waals surface area contributed by atoms with Gasteiger partial charge in [0.25, 0.3) is 0 Å². The Morgan fingerprint density at radius 2 is 1.58 bits per heavy atom. The van der Waals surface area contributed by atoms with Crippen LogP contribution in [0.5, 0.6) is 0 Å². The molecule has 0 radical (unpaired) electrons. The van der Waals surface area contributed by atoms with Crippen LogP contribution in [-0.2, 0) is 4.79 Å². The number of primary amides is 1. The number of nitrogens with one attached hydrogen (secondary N) is 4. The van der Waals surface area contributed by atoms with E-state index in [-0.39, 0.29) is 35.0 Å². The molecule has 0 bridgehead atoms. The molecule has 1 saturated heterocycles. The Hall–Kier alpha value is -2.83. The molecule has 7 nitrogen and oxygen atoms in total. The van der Waals surface area contributed by atoms with Gasteiger partial charge in [-0.05, 0) is 73.0 Å². The number of hydrogen-bond acceptors (Lipinski definition) is 6. The lowest BCUT2D eigenvalue weighted by molar-refractivity contribution is -0.114. The van der Waals surface area contributed by atoms with Crippen LogP contribution in [0.1, 0.15) is 99.3 Å². The topological polar surface area (TPSA) is 94.4 Å². The first-order valence-electron chi connectivity index (χ1n) is 17.5. The number of carbonyl (C=O) groups excluding carboxylic acids is 1. The van der Waals surface area contributed by atoms with Crippen LogP contribution in [0.2, 0.25) is 0 Å². The SMILES string of the molecule is C=C(CCC(NC(=C)NC(C(=C)N1C[C@@H]2C[C@@H]2C1C(=C)NC(CC1CCC1)C(=C)C(N)=O)C(C)(C)C)C(C)(C)C)NCC1CC1. The number of nitrogens with zero attached hydrogens (tertiary/aromatic N) is 1. The molecule has 4 rings (SSSR count). The summed E-state index contributed by atoms with van der Waals surface area (Å²) in [6, 6.07) is 0.139. The normalized spacial score (nSPS) is 24.8. The fraction of sp³-hybridized carbons (Fsp3) is 0.711. The summed E-state index contributed by atoms with van der Waals surface area (Å²) in [5.41, 5.74) is 9.21. The maximum absolute atomic E-state index is 12.1. The lowest BCUT2D eigenvalue weighted by Gasteiger charge is -2.43. The molecule has 1 aliphatic heterocycles. The number of likely N-dealkylation sites (tertiary alicyclic amines) is 1. The van der Waals surface area contributed by atoms with Gasteiger partial charge in [-0.15, -0.1) is 0 Å². The van der Waals surface area contributed by atoms with Gasteiger partial charge < -0.3 is 31.9 Å². The summed E-state index contributed by atoms with van der Waals surface area (Å²) in [6.07, 6.45) is 10.3. The van der Waals surface area contributed by atoms with Crippen molar-refractivity contribution >= 4 is 5.91 Å². The second-order valence-electron chi connectivity index (χ2n) is 16.8. The first kappa shape index (κ1) is 35.0. The Bertz CT molecular complexity index is 1150. The lowest BCUT2D eigenvalue weighted by atomic mass is 9.79. The van der Waals surface area contributed by atoms with Crippen molar-refractivity contribution in [2.75, 3.05) is 13.1 Å². The van der Waals surface area contributed by atoms with Gasteiger partial charge in [-0.1, -0.05) is 93.7 Å². The fourth-order valence-corrected chi connectivity index (χ4v) is 7.17. The Morgan fingerprint density at radius 3 is 2.11 bits per heavy atom. The Morgan fingerprint density at radius 1 is 0.911 bits per heavy atom. The standard InChI is InChI=1S/C38H64N6O/c1-23(40-21-29-16-17-29)15-18-33(37(6,7)8)42-27(5)43-35(38(9,10)11)26(4)44-22-30-20-31(30)34(44)25(3)41-32(24(2)36(39)45)19-28-13-12-14-28/h28-35,40-43H,1-5,12-22H2,6-11H3,(H2,39,45)/t30-,31-,32?,33?,34?,35?/m0/s1. The Kier molecular flexibility index (Phi) is 10.8. The van der Waals surface area contributed by atoms with Gasteiger partial charge in [0.05, 0.1) is 23.9 Å². The third-order valence-corrected chi connectivity index (χ3v) is 10.8. The molecule has 0 aromatic carbocycles. The minimum atomic E-state index is -0.438. The van der Waals surface area contributed by atoms with Crippen LogP contribution in [0, 0.1) is 34.5 Å². The lowest BCUT2D eigenvalue weighted by Crippen LogP contribution is -2.52. The van der Waals surface area contributed by atoms with Crippen LogP contribution < -0.4 is 27.0 Å². The average Bonchev–Trinajstić information content (AvgIpc) is 3.85. The van der Waals surface area contributed by atoms with Crippen molar-refractivity contribution < 1.29 is 4.79 Å². The molecule has 6 N–H and O–H groups in total. The molecule has 45 heavy (non-hydrogen) atoms. The molecule has 4 aliphatic rings. The highest BCUT2D eigenvalue weighted by Gasteiger charge is 2.55. The summed E-state index contributed by atoms with van der Waals surface area (Å²) in [4.78, 5) is 14.6. The molecule has 1 amide bonds. The molecule has 252 valence electrons. The van der Waals surface area contributed by atoms with E-state index < -0.39 is 5.91 Å². The second-order valence-corrected chi connectivity index (χ2v) is 16.8. The quantitative estimate of drug-likeness (QED) is 0.109.